The molecule has 0 aliphatic carbocycles. The molecule has 0 spiro atoms. The number of nitrogens with zero attached hydrogens (tertiary/aromatic N) is 2. The average molecular weight is 325 g/mol. The Morgan fingerprint density at radius 3 is 2.79 bits per heavy atom. The minimum absolute atomic E-state index is 0.810. The molecule has 1 fully saturated rings. The Morgan fingerprint density at radius 2 is 2.08 bits per heavy atom. The molecule has 128 valence electrons. The molecule has 1 saturated heterocycles. The Hall–Kier alpha value is -1.83. The molecule has 4 nitrogen and oxygen atoms in total. The molecule has 0 saturated carbocycles. The molecule has 0 amide bonds. The van der Waals surface area contributed by atoms with Crippen LogP contribution in [0.25, 0.3) is 11.0 Å². The number of aromatic nitrogens is 1. The zero-order chi connectivity index (χ0) is 16.9. The van der Waals surface area contributed by atoms with Crippen molar-refractivity contribution in [2.24, 2.45) is 5.92 Å². The summed E-state index contributed by atoms with van der Waals surface area (Å²) in [6.45, 7) is 4.98. The van der Waals surface area contributed by atoms with Gasteiger partial charge in [0.15, 0.2) is 5.58 Å². The van der Waals surface area contributed by atoms with E-state index in [1.54, 1.807) is 0 Å². The van der Waals surface area contributed by atoms with Gasteiger partial charge in [-0.25, -0.2) is 0 Å². The van der Waals surface area contributed by atoms with Crippen LogP contribution in [0.15, 0.2) is 16.7 Å². The Balaban J connectivity index is 1.86. The van der Waals surface area contributed by atoms with Gasteiger partial charge in [0.25, 0.3) is 0 Å². The summed E-state index contributed by atoms with van der Waals surface area (Å²) in [4.78, 5) is 2.15. The SMILES string of the molecule is CC#Cc1ccc2c(CCC3CCNCC3)noc2c1CN(C)C. The third-order valence-corrected chi connectivity index (χ3v) is 4.80. The van der Waals surface area contributed by atoms with E-state index < -0.39 is 0 Å². The van der Waals surface area contributed by atoms with Crippen molar-refractivity contribution in [3.05, 3.63) is 29.0 Å². The highest BCUT2D eigenvalue weighted by atomic mass is 16.5. The third kappa shape index (κ3) is 3.80. The molecule has 0 atom stereocenters. The van der Waals surface area contributed by atoms with Crippen molar-refractivity contribution in [3.63, 3.8) is 0 Å². The second kappa shape index (κ2) is 7.83. The molecule has 2 heterocycles. The quantitative estimate of drug-likeness (QED) is 0.857. The molecule has 2 aromatic rings. The summed E-state index contributed by atoms with van der Waals surface area (Å²) >= 11 is 0. The smallest absolute Gasteiger partial charge is 0.172 e. The standard InChI is InChI=1S/C20H27N3O/c1-4-5-16-7-8-17-19(9-6-15-10-12-21-13-11-15)22-24-20(17)18(16)14-23(2)3/h7-8,15,21H,6,9-14H2,1-3H3. The van der Waals surface area contributed by atoms with Gasteiger partial charge in [-0.05, 0) is 77.8 Å². The molecule has 24 heavy (non-hydrogen) atoms. The zero-order valence-electron chi connectivity index (χ0n) is 15.0. The van der Waals surface area contributed by atoms with Crippen molar-refractivity contribution in [1.82, 2.24) is 15.4 Å². The lowest BCUT2D eigenvalue weighted by Gasteiger charge is -2.21. The van der Waals surface area contributed by atoms with E-state index in [1.165, 1.54) is 19.3 Å². The van der Waals surface area contributed by atoms with E-state index in [2.05, 4.69) is 53.4 Å². The summed E-state index contributed by atoms with van der Waals surface area (Å²) in [6.07, 6.45) is 4.75. The van der Waals surface area contributed by atoms with E-state index in [0.29, 0.717) is 0 Å². The van der Waals surface area contributed by atoms with E-state index in [0.717, 1.165) is 59.8 Å². The van der Waals surface area contributed by atoms with Crippen molar-refractivity contribution in [1.29, 1.82) is 0 Å². The molecule has 3 rings (SSSR count). The molecule has 4 heteroatoms. The van der Waals surface area contributed by atoms with Gasteiger partial charge in [0.1, 0.15) is 0 Å². The van der Waals surface area contributed by atoms with E-state index in [4.69, 9.17) is 4.52 Å². The first-order chi connectivity index (χ1) is 11.7. The summed E-state index contributed by atoms with van der Waals surface area (Å²) in [5.74, 6) is 7.01. The second-order valence-electron chi connectivity index (χ2n) is 6.94. The molecule has 1 aromatic heterocycles. The minimum atomic E-state index is 0.810. The van der Waals surface area contributed by atoms with Crippen LogP contribution in [0.1, 0.15) is 43.0 Å². The molecule has 0 bridgehead atoms. The van der Waals surface area contributed by atoms with Crippen LogP contribution in [0.5, 0.6) is 0 Å². The number of fused-ring (bicyclic) bond motifs is 1. The van der Waals surface area contributed by atoms with Crippen LogP contribution in [0.4, 0.5) is 0 Å². The second-order valence-corrected chi connectivity index (χ2v) is 6.94. The maximum Gasteiger partial charge on any atom is 0.172 e. The predicted molar refractivity (Wildman–Crippen MR) is 97.9 cm³/mol. The number of rotatable bonds is 5. The van der Waals surface area contributed by atoms with Gasteiger partial charge in [-0.3, -0.25) is 0 Å². The van der Waals surface area contributed by atoms with E-state index in [1.807, 2.05) is 6.92 Å². The first-order valence-electron chi connectivity index (χ1n) is 8.87. The molecule has 1 aliphatic rings. The van der Waals surface area contributed by atoms with Gasteiger partial charge in [0.2, 0.25) is 0 Å². The topological polar surface area (TPSA) is 41.3 Å². The Morgan fingerprint density at radius 1 is 1.29 bits per heavy atom. The summed E-state index contributed by atoms with van der Waals surface area (Å²) in [6, 6.07) is 4.24. The van der Waals surface area contributed by atoms with Crippen LogP contribution in [0.2, 0.25) is 0 Å². The fourth-order valence-corrected chi connectivity index (χ4v) is 3.53. The van der Waals surface area contributed by atoms with Gasteiger partial charge in [0.05, 0.1) is 5.69 Å². The lowest BCUT2D eigenvalue weighted by Crippen LogP contribution is -2.27. The van der Waals surface area contributed by atoms with Gasteiger partial charge in [-0.15, -0.1) is 5.92 Å². The Kier molecular flexibility index (Phi) is 5.55. The number of hydrogen-bond donors (Lipinski definition) is 1. The molecule has 1 aliphatic heterocycles. The first-order valence-corrected chi connectivity index (χ1v) is 8.87. The van der Waals surface area contributed by atoms with E-state index >= 15 is 0 Å². The molecule has 1 aromatic carbocycles. The number of benzene rings is 1. The lowest BCUT2D eigenvalue weighted by atomic mass is 9.92. The summed E-state index contributed by atoms with van der Waals surface area (Å²) < 4.78 is 5.75. The van der Waals surface area contributed by atoms with Gasteiger partial charge >= 0.3 is 0 Å². The molecule has 1 N–H and O–H groups in total. The fourth-order valence-electron chi connectivity index (χ4n) is 3.53. The largest absolute Gasteiger partial charge is 0.356 e. The molecule has 0 unspecified atom stereocenters. The highest BCUT2D eigenvalue weighted by Crippen LogP contribution is 2.28. The highest BCUT2D eigenvalue weighted by molar-refractivity contribution is 5.84. The van der Waals surface area contributed by atoms with E-state index in [9.17, 15) is 0 Å². The lowest BCUT2D eigenvalue weighted by molar-refractivity contribution is 0.350. The van der Waals surface area contributed by atoms with Crippen molar-refractivity contribution >= 4 is 11.0 Å². The van der Waals surface area contributed by atoms with E-state index in [-0.39, 0.29) is 0 Å². The number of nitrogens with one attached hydrogen (secondary N) is 1. The number of piperidine rings is 1. The van der Waals surface area contributed by atoms with Gasteiger partial charge in [-0.1, -0.05) is 11.1 Å². The average Bonchev–Trinajstić information content (AvgIpc) is 2.99. The van der Waals surface area contributed by atoms with Crippen LogP contribution in [0, 0.1) is 17.8 Å². The molecule has 0 radical (unpaired) electrons. The predicted octanol–water partition coefficient (Wildman–Crippen LogP) is 3.19. The monoisotopic (exact) mass is 325 g/mol. The summed E-state index contributed by atoms with van der Waals surface area (Å²) in [5, 5.41) is 8.98. The highest BCUT2D eigenvalue weighted by Gasteiger charge is 2.18. The fraction of sp³-hybridized carbons (Fsp3) is 0.550. The summed E-state index contributed by atoms with van der Waals surface area (Å²) in [7, 11) is 4.13. The van der Waals surface area contributed by atoms with Gasteiger partial charge < -0.3 is 14.7 Å². The van der Waals surface area contributed by atoms with Crippen LogP contribution in [0.3, 0.4) is 0 Å². The van der Waals surface area contributed by atoms with Crippen LogP contribution in [-0.4, -0.2) is 37.2 Å². The van der Waals surface area contributed by atoms with Crippen molar-refractivity contribution < 1.29 is 4.52 Å². The number of aryl methyl sites for hydroxylation is 1. The molecular formula is C20H27N3O. The number of hydrogen-bond acceptors (Lipinski definition) is 4. The minimum Gasteiger partial charge on any atom is -0.356 e. The Labute approximate surface area is 144 Å². The van der Waals surface area contributed by atoms with Crippen molar-refractivity contribution in [2.75, 3.05) is 27.2 Å². The summed E-state index contributed by atoms with van der Waals surface area (Å²) in [5.41, 5.74) is 4.19. The van der Waals surface area contributed by atoms with Gasteiger partial charge in [0, 0.05) is 23.1 Å². The van der Waals surface area contributed by atoms with Crippen LogP contribution in [-0.2, 0) is 13.0 Å². The normalized spacial score (nSPS) is 15.7. The zero-order valence-corrected chi connectivity index (χ0v) is 15.0. The maximum atomic E-state index is 5.75. The van der Waals surface area contributed by atoms with Crippen molar-refractivity contribution in [2.45, 2.75) is 39.2 Å². The van der Waals surface area contributed by atoms with Crippen LogP contribution < -0.4 is 5.32 Å². The first kappa shape index (κ1) is 17.0. The van der Waals surface area contributed by atoms with Crippen molar-refractivity contribution in [3.8, 4) is 11.8 Å². The molecular weight excluding hydrogens is 298 g/mol. The third-order valence-electron chi connectivity index (χ3n) is 4.80. The van der Waals surface area contributed by atoms with Gasteiger partial charge in [-0.2, -0.15) is 0 Å². The Bertz CT molecular complexity index is 745. The maximum absolute atomic E-state index is 5.75. The van der Waals surface area contributed by atoms with Crippen LogP contribution >= 0.6 is 0 Å².